The molecule has 1 N–H and O–H groups in total. The number of nitrogens with one attached hydrogen (secondary N) is 1. The van der Waals surface area contributed by atoms with E-state index in [0.717, 1.165) is 0 Å². The molecular formula is C16H21FN2O4. The zero-order valence-corrected chi connectivity index (χ0v) is 13.5. The molecule has 6 nitrogen and oxygen atoms in total. The molecule has 2 rings (SSSR count). The number of hydrogen-bond donors (Lipinski definition) is 1. The summed E-state index contributed by atoms with van der Waals surface area (Å²) in [5, 5.41) is 2.59. The molecule has 1 aliphatic heterocycles. The van der Waals surface area contributed by atoms with E-state index in [1.807, 2.05) is 6.92 Å². The van der Waals surface area contributed by atoms with Crippen molar-refractivity contribution in [3.05, 3.63) is 29.6 Å². The molecule has 1 aromatic carbocycles. The quantitative estimate of drug-likeness (QED) is 0.850. The van der Waals surface area contributed by atoms with Crippen LogP contribution in [0.3, 0.4) is 0 Å². The molecule has 1 heterocycles. The molecule has 0 unspecified atom stereocenters. The topological polar surface area (TPSA) is 67.9 Å². The van der Waals surface area contributed by atoms with Crippen LogP contribution in [0.4, 0.5) is 4.39 Å². The van der Waals surface area contributed by atoms with Crippen LogP contribution in [-0.4, -0.2) is 49.6 Å². The summed E-state index contributed by atoms with van der Waals surface area (Å²) in [5.41, 5.74) is 0.555. The van der Waals surface area contributed by atoms with Crippen molar-refractivity contribution in [2.45, 2.75) is 26.0 Å². The van der Waals surface area contributed by atoms with Gasteiger partial charge in [0, 0.05) is 13.1 Å². The smallest absolute Gasteiger partial charge is 0.312 e. The molecule has 1 saturated heterocycles. The van der Waals surface area contributed by atoms with Crippen molar-refractivity contribution in [3.8, 4) is 5.75 Å². The third kappa shape index (κ3) is 4.19. The van der Waals surface area contributed by atoms with Gasteiger partial charge < -0.3 is 19.7 Å². The van der Waals surface area contributed by atoms with Crippen molar-refractivity contribution in [1.82, 2.24) is 10.2 Å². The van der Waals surface area contributed by atoms with Gasteiger partial charge >= 0.3 is 11.8 Å². The van der Waals surface area contributed by atoms with E-state index in [2.05, 4.69) is 5.32 Å². The summed E-state index contributed by atoms with van der Waals surface area (Å²) in [6.07, 6.45) is -0.0893. The number of carbonyl (C=O) groups is 2. The summed E-state index contributed by atoms with van der Waals surface area (Å²) in [6, 6.07) is 3.92. The maximum atomic E-state index is 13.7. The van der Waals surface area contributed by atoms with Gasteiger partial charge in [0.05, 0.1) is 25.9 Å². The minimum atomic E-state index is -0.706. The minimum Gasteiger partial charge on any atom is -0.494 e. The Labute approximate surface area is 134 Å². The predicted molar refractivity (Wildman–Crippen MR) is 81.5 cm³/mol. The molecule has 0 aromatic heterocycles. The average molecular weight is 324 g/mol. The average Bonchev–Trinajstić information content (AvgIpc) is 2.53. The van der Waals surface area contributed by atoms with E-state index in [-0.39, 0.29) is 11.9 Å². The Balaban J connectivity index is 1.98. The monoisotopic (exact) mass is 324 g/mol. The number of hydrogen-bond acceptors (Lipinski definition) is 4. The van der Waals surface area contributed by atoms with E-state index in [1.54, 1.807) is 13.0 Å². The normalized spacial score (nSPS) is 19.1. The Morgan fingerprint density at radius 2 is 2.22 bits per heavy atom. The molecule has 0 bridgehead atoms. The first kappa shape index (κ1) is 17.2. The maximum absolute atomic E-state index is 13.7. The van der Waals surface area contributed by atoms with Crippen LogP contribution in [0, 0.1) is 5.82 Å². The van der Waals surface area contributed by atoms with Gasteiger partial charge in [0.1, 0.15) is 0 Å². The number of carbonyl (C=O) groups excluding carboxylic acids is 2. The highest BCUT2D eigenvalue weighted by Gasteiger charge is 2.27. The molecule has 1 aromatic rings. The molecule has 0 radical (unpaired) electrons. The molecule has 23 heavy (non-hydrogen) atoms. The van der Waals surface area contributed by atoms with E-state index in [9.17, 15) is 14.0 Å². The molecule has 0 aliphatic carbocycles. The number of rotatable bonds is 3. The first-order valence-corrected chi connectivity index (χ1v) is 7.47. The Morgan fingerprint density at radius 3 is 2.83 bits per heavy atom. The Kier molecular flexibility index (Phi) is 5.54. The van der Waals surface area contributed by atoms with Crippen molar-refractivity contribution in [1.29, 1.82) is 0 Å². The van der Waals surface area contributed by atoms with Crippen molar-refractivity contribution in [2.24, 2.45) is 0 Å². The number of ether oxygens (including phenoxy) is 2. The van der Waals surface area contributed by atoms with Crippen LogP contribution in [0.1, 0.15) is 25.5 Å². The summed E-state index contributed by atoms with van der Waals surface area (Å²) >= 11 is 0. The fraction of sp³-hybridized carbons (Fsp3) is 0.500. The van der Waals surface area contributed by atoms with E-state index >= 15 is 0 Å². The lowest BCUT2D eigenvalue weighted by atomic mass is 10.1. The van der Waals surface area contributed by atoms with Crippen molar-refractivity contribution < 1.29 is 23.5 Å². The zero-order chi connectivity index (χ0) is 17.0. The summed E-state index contributed by atoms with van der Waals surface area (Å²) in [5.74, 6) is -1.69. The standard InChI is InChI=1S/C16H21FN2O4/c1-10-9-19(6-7-23-10)16(21)15(20)18-11(2)12-4-5-14(22-3)13(17)8-12/h4-5,8,10-11H,6-7,9H2,1-3H3,(H,18,20)/t10-,11+/m0/s1. The number of halogens is 1. The molecule has 2 atom stereocenters. The largest absolute Gasteiger partial charge is 0.494 e. The number of amides is 2. The van der Waals surface area contributed by atoms with Gasteiger partial charge in [0.15, 0.2) is 11.6 Å². The maximum Gasteiger partial charge on any atom is 0.312 e. The van der Waals surface area contributed by atoms with Gasteiger partial charge in [-0.05, 0) is 31.5 Å². The van der Waals surface area contributed by atoms with Crippen LogP contribution in [0.15, 0.2) is 18.2 Å². The third-order valence-electron chi connectivity index (χ3n) is 3.75. The highest BCUT2D eigenvalue weighted by molar-refractivity contribution is 6.35. The van der Waals surface area contributed by atoms with Gasteiger partial charge in [0.25, 0.3) is 0 Å². The molecule has 126 valence electrons. The lowest BCUT2D eigenvalue weighted by molar-refractivity contribution is -0.150. The summed E-state index contributed by atoms with van der Waals surface area (Å²) in [7, 11) is 1.38. The molecule has 0 spiro atoms. The van der Waals surface area contributed by atoms with Gasteiger partial charge in [-0.15, -0.1) is 0 Å². The fourth-order valence-electron chi connectivity index (χ4n) is 2.44. The van der Waals surface area contributed by atoms with Gasteiger partial charge in [0.2, 0.25) is 0 Å². The van der Waals surface area contributed by atoms with Gasteiger partial charge in [-0.25, -0.2) is 4.39 Å². The zero-order valence-electron chi connectivity index (χ0n) is 13.5. The Hall–Kier alpha value is -2.15. The Morgan fingerprint density at radius 1 is 1.48 bits per heavy atom. The highest BCUT2D eigenvalue weighted by Crippen LogP contribution is 2.21. The molecule has 7 heteroatoms. The highest BCUT2D eigenvalue weighted by atomic mass is 19.1. The lowest BCUT2D eigenvalue weighted by Gasteiger charge is -2.30. The number of nitrogens with zero attached hydrogens (tertiary/aromatic N) is 1. The number of benzene rings is 1. The molecule has 2 amide bonds. The van der Waals surface area contributed by atoms with Crippen LogP contribution >= 0.6 is 0 Å². The van der Waals surface area contributed by atoms with E-state index < -0.39 is 23.7 Å². The first-order valence-electron chi connectivity index (χ1n) is 7.47. The second kappa shape index (κ2) is 7.41. The molecule has 1 aliphatic rings. The third-order valence-corrected chi connectivity index (χ3v) is 3.75. The van der Waals surface area contributed by atoms with Crippen LogP contribution < -0.4 is 10.1 Å². The predicted octanol–water partition coefficient (Wildman–Crippen LogP) is 1.26. The van der Waals surface area contributed by atoms with Crippen molar-refractivity contribution in [3.63, 3.8) is 0 Å². The van der Waals surface area contributed by atoms with Crippen LogP contribution in [-0.2, 0) is 14.3 Å². The van der Waals surface area contributed by atoms with Gasteiger partial charge in [-0.3, -0.25) is 9.59 Å². The Bertz CT molecular complexity index is 593. The molecular weight excluding hydrogens is 303 g/mol. The van der Waals surface area contributed by atoms with Crippen molar-refractivity contribution in [2.75, 3.05) is 26.8 Å². The van der Waals surface area contributed by atoms with Crippen LogP contribution in [0.2, 0.25) is 0 Å². The SMILES string of the molecule is COc1ccc([C@@H](C)NC(=O)C(=O)N2CCO[C@@H](C)C2)cc1F. The first-order chi connectivity index (χ1) is 10.9. The fourth-order valence-corrected chi connectivity index (χ4v) is 2.44. The number of methoxy groups -OCH3 is 1. The summed E-state index contributed by atoms with van der Waals surface area (Å²) in [6.45, 7) is 4.73. The van der Waals surface area contributed by atoms with Gasteiger partial charge in [-0.1, -0.05) is 6.07 Å². The lowest BCUT2D eigenvalue weighted by Crippen LogP contribution is -2.50. The summed E-state index contributed by atoms with van der Waals surface area (Å²) in [4.78, 5) is 25.7. The van der Waals surface area contributed by atoms with E-state index in [4.69, 9.17) is 9.47 Å². The number of morpholine rings is 1. The van der Waals surface area contributed by atoms with Crippen molar-refractivity contribution >= 4 is 11.8 Å². The van der Waals surface area contributed by atoms with E-state index in [0.29, 0.717) is 25.3 Å². The minimum absolute atomic E-state index is 0.0893. The molecule has 0 saturated carbocycles. The van der Waals surface area contributed by atoms with Crippen LogP contribution in [0.25, 0.3) is 0 Å². The second-order valence-electron chi connectivity index (χ2n) is 5.52. The second-order valence-corrected chi connectivity index (χ2v) is 5.52. The molecule has 1 fully saturated rings. The van der Waals surface area contributed by atoms with E-state index in [1.165, 1.54) is 24.1 Å². The summed E-state index contributed by atoms with van der Waals surface area (Å²) < 4.78 is 23.9. The van der Waals surface area contributed by atoms with Crippen LogP contribution in [0.5, 0.6) is 5.75 Å². The van der Waals surface area contributed by atoms with Gasteiger partial charge in [-0.2, -0.15) is 0 Å².